The van der Waals surface area contributed by atoms with Crippen molar-refractivity contribution in [3.05, 3.63) is 59.1 Å². The van der Waals surface area contributed by atoms with Crippen molar-refractivity contribution in [3.8, 4) is 0 Å². The highest BCUT2D eigenvalue weighted by molar-refractivity contribution is 5.95. The molecule has 0 aliphatic carbocycles. The molecule has 4 fully saturated rings. The molecule has 4 nitrogen and oxygen atoms in total. The molecule has 6 rings (SSSR count). The van der Waals surface area contributed by atoms with E-state index in [0.29, 0.717) is 29.3 Å². The minimum absolute atomic E-state index is 0.0435. The Morgan fingerprint density at radius 3 is 2.63 bits per heavy atom. The molecule has 1 aromatic carbocycles. The zero-order valence-corrected chi connectivity index (χ0v) is 15.2. The molecule has 142 valence electrons. The standard InChI is InChI=1S/C21H22F2N2O2/c1-12-14(7-10-27-12)21(26)25-11-16(15-3-2-4-17(22)18(15)23)20-19(25)13-5-8-24(20)9-6-13/h2-4,7,10,13,16,19-20H,5-6,8-9,11H2,1H3/t16-,19+,20+/m1/s1. The van der Waals surface area contributed by atoms with Gasteiger partial charge in [-0.1, -0.05) is 12.1 Å². The topological polar surface area (TPSA) is 36.7 Å². The molecule has 4 aliphatic heterocycles. The van der Waals surface area contributed by atoms with E-state index in [-0.39, 0.29) is 23.9 Å². The fourth-order valence-corrected chi connectivity index (χ4v) is 5.50. The molecule has 1 aromatic heterocycles. The number of hydrogen-bond acceptors (Lipinski definition) is 3. The Morgan fingerprint density at radius 1 is 1.15 bits per heavy atom. The van der Waals surface area contributed by atoms with Gasteiger partial charge >= 0.3 is 0 Å². The van der Waals surface area contributed by atoms with Crippen LogP contribution >= 0.6 is 0 Å². The summed E-state index contributed by atoms with van der Waals surface area (Å²) < 4.78 is 33.8. The summed E-state index contributed by atoms with van der Waals surface area (Å²) in [6, 6.07) is 6.16. The summed E-state index contributed by atoms with van der Waals surface area (Å²) in [6.07, 6.45) is 3.62. The van der Waals surface area contributed by atoms with E-state index in [1.807, 2.05) is 4.90 Å². The maximum atomic E-state index is 14.6. The smallest absolute Gasteiger partial charge is 0.257 e. The van der Waals surface area contributed by atoms with Crippen LogP contribution in [-0.2, 0) is 0 Å². The molecule has 4 aliphatic rings. The van der Waals surface area contributed by atoms with E-state index in [4.69, 9.17) is 4.42 Å². The van der Waals surface area contributed by atoms with Crippen LogP contribution in [0.4, 0.5) is 8.78 Å². The number of aryl methyl sites for hydroxylation is 1. The number of amides is 1. The fourth-order valence-electron chi connectivity index (χ4n) is 5.50. The van der Waals surface area contributed by atoms with Gasteiger partial charge in [-0.05, 0) is 56.5 Å². The number of furan rings is 1. The zero-order valence-electron chi connectivity index (χ0n) is 15.2. The van der Waals surface area contributed by atoms with Crippen molar-refractivity contribution in [2.45, 2.75) is 37.8 Å². The lowest BCUT2D eigenvalue weighted by atomic mass is 9.75. The number of halogens is 2. The lowest BCUT2D eigenvalue weighted by molar-refractivity contribution is -0.00364. The van der Waals surface area contributed by atoms with Crippen molar-refractivity contribution < 1.29 is 18.0 Å². The molecule has 0 unspecified atom stereocenters. The number of hydrogen-bond donors (Lipinski definition) is 0. The van der Waals surface area contributed by atoms with E-state index in [1.165, 1.54) is 6.26 Å². The van der Waals surface area contributed by atoms with Gasteiger partial charge in [0.2, 0.25) is 0 Å². The Hall–Kier alpha value is -2.21. The molecule has 0 saturated carbocycles. The van der Waals surface area contributed by atoms with E-state index in [1.54, 1.807) is 25.1 Å². The van der Waals surface area contributed by atoms with Crippen molar-refractivity contribution >= 4 is 5.91 Å². The van der Waals surface area contributed by atoms with E-state index < -0.39 is 11.6 Å². The highest BCUT2D eigenvalue weighted by atomic mass is 19.2. The normalized spacial score (nSPS) is 32.0. The van der Waals surface area contributed by atoms with Crippen molar-refractivity contribution in [1.29, 1.82) is 0 Å². The van der Waals surface area contributed by atoms with E-state index in [9.17, 15) is 13.6 Å². The Kier molecular flexibility index (Phi) is 3.86. The third-order valence-corrected chi connectivity index (χ3v) is 6.73. The second-order valence-electron chi connectivity index (χ2n) is 7.95. The lowest BCUT2D eigenvalue weighted by Crippen LogP contribution is -2.60. The minimum Gasteiger partial charge on any atom is -0.469 e. The van der Waals surface area contributed by atoms with Gasteiger partial charge in [-0.15, -0.1) is 0 Å². The monoisotopic (exact) mass is 372 g/mol. The van der Waals surface area contributed by atoms with Gasteiger partial charge in [0.25, 0.3) is 5.91 Å². The number of fused-ring (bicyclic) bond motifs is 2. The third kappa shape index (κ3) is 2.46. The molecule has 0 spiro atoms. The van der Waals surface area contributed by atoms with Gasteiger partial charge in [-0.25, -0.2) is 8.78 Å². The summed E-state index contributed by atoms with van der Waals surface area (Å²) >= 11 is 0. The summed E-state index contributed by atoms with van der Waals surface area (Å²) in [6.45, 7) is 4.12. The fraction of sp³-hybridized carbons (Fsp3) is 0.476. The number of likely N-dealkylation sites (tertiary alicyclic amines) is 1. The molecular formula is C21H22F2N2O2. The summed E-state index contributed by atoms with van der Waals surface area (Å²) in [4.78, 5) is 17.5. The van der Waals surface area contributed by atoms with Crippen molar-refractivity contribution in [3.63, 3.8) is 0 Å². The number of nitrogens with zero attached hydrogens (tertiary/aromatic N) is 2. The highest BCUT2D eigenvalue weighted by Gasteiger charge is 2.55. The Bertz CT molecular complexity index is 888. The zero-order chi connectivity index (χ0) is 18.7. The van der Waals surface area contributed by atoms with Crippen LogP contribution in [0.15, 0.2) is 34.9 Å². The lowest BCUT2D eigenvalue weighted by Gasteiger charge is -2.51. The number of rotatable bonds is 2. The van der Waals surface area contributed by atoms with E-state index in [0.717, 1.165) is 32.0 Å². The molecule has 3 atom stereocenters. The first-order valence-corrected chi connectivity index (χ1v) is 9.59. The first kappa shape index (κ1) is 16.9. The summed E-state index contributed by atoms with van der Waals surface area (Å²) in [5.41, 5.74) is 0.947. The first-order valence-electron chi connectivity index (χ1n) is 9.59. The van der Waals surface area contributed by atoms with Crippen LogP contribution in [0, 0.1) is 24.5 Å². The maximum Gasteiger partial charge on any atom is 0.257 e. The maximum absolute atomic E-state index is 14.6. The molecule has 2 bridgehead atoms. The van der Waals surface area contributed by atoms with Gasteiger partial charge in [0, 0.05) is 18.5 Å². The largest absolute Gasteiger partial charge is 0.469 e. The molecule has 5 heterocycles. The van der Waals surface area contributed by atoms with Crippen LogP contribution in [0.2, 0.25) is 0 Å². The molecular weight excluding hydrogens is 350 g/mol. The van der Waals surface area contributed by atoms with Crippen molar-refractivity contribution in [2.75, 3.05) is 19.6 Å². The molecule has 2 aromatic rings. The average molecular weight is 372 g/mol. The highest BCUT2D eigenvalue weighted by Crippen LogP contribution is 2.47. The number of piperidine rings is 3. The van der Waals surface area contributed by atoms with Gasteiger partial charge in [0.05, 0.1) is 17.9 Å². The minimum atomic E-state index is -0.824. The van der Waals surface area contributed by atoms with Crippen LogP contribution in [-0.4, -0.2) is 47.4 Å². The summed E-state index contributed by atoms with van der Waals surface area (Å²) in [5, 5.41) is 0. The van der Waals surface area contributed by atoms with Crippen LogP contribution in [0.3, 0.4) is 0 Å². The van der Waals surface area contributed by atoms with Gasteiger partial charge in [-0.2, -0.15) is 0 Å². The SMILES string of the molecule is Cc1occc1C(=O)N1C[C@H](c2cccc(F)c2F)[C@H]2[C@@H]1C1CCN2CC1. The Labute approximate surface area is 156 Å². The molecule has 27 heavy (non-hydrogen) atoms. The molecule has 4 saturated heterocycles. The van der Waals surface area contributed by atoms with Crippen LogP contribution in [0.25, 0.3) is 0 Å². The molecule has 0 radical (unpaired) electrons. The summed E-state index contributed by atoms with van der Waals surface area (Å²) in [5.74, 6) is -0.876. The average Bonchev–Trinajstić information content (AvgIpc) is 3.30. The number of carbonyl (C=O) groups is 1. The third-order valence-electron chi connectivity index (χ3n) is 6.73. The van der Waals surface area contributed by atoms with E-state index >= 15 is 0 Å². The van der Waals surface area contributed by atoms with Crippen LogP contribution < -0.4 is 0 Å². The molecule has 1 amide bonds. The predicted octanol–water partition coefficient (Wildman–Crippen LogP) is 3.57. The quantitative estimate of drug-likeness (QED) is 0.809. The van der Waals surface area contributed by atoms with Gasteiger partial charge in [0.15, 0.2) is 11.6 Å². The van der Waals surface area contributed by atoms with Crippen LogP contribution in [0.1, 0.15) is 40.4 Å². The number of benzene rings is 1. The van der Waals surface area contributed by atoms with Crippen molar-refractivity contribution in [1.82, 2.24) is 9.80 Å². The second-order valence-corrected chi connectivity index (χ2v) is 7.95. The number of carbonyl (C=O) groups excluding carboxylic acids is 1. The van der Waals surface area contributed by atoms with Crippen molar-refractivity contribution in [2.24, 2.45) is 5.92 Å². The second kappa shape index (κ2) is 6.16. The van der Waals surface area contributed by atoms with Gasteiger partial charge in [-0.3, -0.25) is 9.69 Å². The van der Waals surface area contributed by atoms with Crippen LogP contribution in [0.5, 0.6) is 0 Å². The Balaban J connectivity index is 1.57. The summed E-state index contributed by atoms with van der Waals surface area (Å²) in [7, 11) is 0. The van der Waals surface area contributed by atoms with E-state index in [2.05, 4.69) is 4.90 Å². The van der Waals surface area contributed by atoms with Gasteiger partial charge < -0.3 is 9.32 Å². The van der Waals surface area contributed by atoms with Gasteiger partial charge in [0.1, 0.15) is 5.76 Å². The Morgan fingerprint density at radius 2 is 1.93 bits per heavy atom. The predicted molar refractivity (Wildman–Crippen MR) is 95.5 cm³/mol. The first-order chi connectivity index (χ1) is 13.1. The molecule has 6 heteroatoms. The molecule has 0 N–H and O–H groups in total.